The molecule has 35 heavy (non-hydrogen) atoms. The van der Waals surface area contributed by atoms with Gasteiger partial charge in [0.05, 0.1) is 11.1 Å². The quantitative estimate of drug-likeness (QED) is 0.459. The fourth-order valence-corrected chi connectivity index (χ4v) is 4.88. The Kier molecular flexibility index (Phi) is 5.10. The Hall–Kier alpha value is -4.39. The highest BCUT2D eigenvalue weighted by atomic mass is 16.7. The standard InChI is InChI=1S/C28H22N2O5/c31-24(15-22-21-14-26-25(34-16-35-26)13-18(21)10-11-29-22)23(12-17-6-2-1-3-7-17)30-27(32)19-8-4-5-9-20(19)28(30)33/h1-9,13-15,23,29H,10-12,16H2/b22-15-/t23-/m1/s1. The fraction of sp³-hybridized carbons (Fsp3) is 0.179. The summed E-state index contributed by atoms with van der Waals surface area (Å²) in [5, 5.41) is 3.30. The van der Waals surface area contributed by atoms with Crippen LogP contribution in [0, 0.1) is 0 Å². The van der Waals surface area contributed by atoms with Gasteiger partial charge >= 0.3 is 0 Å². The van der Waals surface area contributed by atoms with Crippen LogP contribution in [0.25, 0.3) is 5.70 Å². The van der Waals surface area contributed by atoms with Crippen molar-refractivity contribution in [3.05, 3.63) is 101 Å². The first-order valence-electron chi connectivity index (χ1n) is 11.5. The molecule has 0 aliphatic carbocycles. The minimum Gasteiger partial charge on any atom is -0.454 e. The van der Waals surface area contributed by atoms with Gasteiger partial charge in [-0.2, -0.15) is 0 Å². The third-order valence-corrected chi connectivity index (χ3v) is 6.62. The van der Waals surface area contributed by atoms with Crippen LogP contribution in [0.3, 0.4) is 0 Å². The van der Waals surface area contributed by atoms with E-state index in [1.807, 2.05) is 42.5 Å². The summed E-state index contributed by atoms with van der Waals surface area (Å²) in [4.78, 5) is 41.4. The second-order valence-corrected chi connectivity index (χ2v) is 8.73. The van der Waals surface area contributed by atoms with E-state index in [0.717, 1.165) is 28.0 Å². The second-order valence-electron chi connectivity index (χ2n) is 8.73. The third-order valence-electron chi connectivity index (χ3n) is 6.62. The number of amides is 2. The molecule has 0 aromatic heterocycles. The summed E-state index contributed by atoms with van der Waals surface area (Å²) >= 11 is 0. The van der Waals surface area contributed by atoms with Crippen molar-refractivity contribution in [1.29, 1.82) is 0 Å². The average Bonchev–Trinajstić information content (AvgIpc) is 3.44. The van der Waals surface area contributed by atoms with E-state index >= 15 is 0 Å². The Bertz CT molecular complexity index is 1360. The van der Waals surface area contributed by atoms with Gasteiger partial charge in [0.15, 0.2) is 17.3 Å². The Morgan fingerprint density at radius 2 is 1.57 bits per heavy atom. The predicted molar refractivity (Wildman–Crippen MR) is 128 cm³/mol. The van der Waals surface area contributed by atoms with E-state index in [1.165, 1.54) is 6.08 Å². The molecule has 3 heterocycles. The van der Waals surface area contributed by atoms with Crippen LogP contribution >= 0.6 is 0 Å². The van der Waals surface area contributed by atoms with Crippen LogP contribution in [-0.4, -0.2) is 41.9 Å². The molecule has 0 saturated heterocycles. The lowest BCUT2D eigenvalue weighted by molar-refractivity contribution is -0.118. The lowest BCUT2D eigenvalue weighted by Crippen LogP contribution is -2.46. The van der Waals surface area contributed by atoms with Crippen molar-refractivity contribution >= 4 is 23.3 Å². The van der Waals surface area contributed by atoms with Gasteiger partial charge in [-0.15, -0.1) is 0 Å². The van der Waals surface area contributed by atoms with Crippen molar-refractivity contribution in [1.82, 2.24) is 10.2 Å². The smallest absolute Gasteiger partial charge is 0.262 e. The Labute approximate surface area is 202 Å². The molecular weight excluding hydrogens is 444 g/mol. The molecule has 0 unspecified atom stereocenters. The molecule has 7 heteroatoms. The van der Waals surface area contributed by atoms with E-state index in [0.29, 0.717) is 34.9 Å². The van der Waals surface area contributed by atoms with E-state index in [-0.39, 0.29) is 19.0 Å². The third kappa shape index (κ3) is 3.65. The summed E-state index contributed by atoms with van der Waals surface area (Å²) in [6, 6.07) is 18.9. The van der Waals surface area contributed by atoms with Crippen LogP contribution in [0.5, 0.6) is 11.5 Å². The molecule has 2 amide bonds. The number of carbonyl (C=O) groups excluding carboxylic acids is 3. The van der Waals surface area contributed by atoms with Crippen molar-refractivity contribution in [2.24, 2.45) is 0 Å². The number of nitrogens with zero attached hydrogens (tertiary/aromatic N) is 1. The summed E-state index contributed by atoms with van der Waals surface area (Å²) < 4.78 is 11.0. The first-order valence-corrected chi connectivity index (χ1v) is 11.5. The lowest BCUT2D eigenvalue weighted by Gasteiger charge is -2.26. The molecule has 3 aromatic rings. The number of nitrogens with one attached hydrogen (secondary N) is 1. The highest BCUT2D eigenvalue weighted by Gasteiger charge is 2.42. The molecule has 0 radical (unpaired) electrons. The molecular formula is C28H22N2O5. The van der Waals surface area contributed by atoms with Crippen LogP contribution in [-0.2, 0) is 17.6 Å². The largest absolute Gasteiger partial charge is 0.454 e. The van der Waals surface area contributed by atoms with Crippen LogP contribution in [0.1, 0.15) is 37.4 Å². The van der Waals surface area contributed by atoms with Crippen LogP contribution in [0.15, 0.2) is 72.8 Å². The number of carbonyl (C=O) groups is 3. The van der Waals surface area contributed by atoms with Crippen LogP contribution < -0.4 is 14.8 Å². The highest BCUT2D eigenvalue weighted by Crippen LogP contribution is 2.38. The summed E-state index contributed by atoms with van der Waals surface area (Å²) in [7, 11) is 0. The Balaban J connectivity index is 1.39. The van der Waals surface area contributed by atoms with Gasteiger partial charge in [0.25, 0.3) is 11.8 Å². The molecule has 1 N–H and O–H groups in total. The molecule has 3 aromatic carbocycles. The van der Waals surface area contributed by atoms with Crippen LogP contribution in [0.2, 0.25) is 0 Å². The number of hydrogen-bond donors (Lipinski definition) is 1. The van der Waals surface area contributed by atoms with Gasteiger partial charge in [-0.25, -0.2) is 0 Å². The Morgan fingerprint density at radius 1 is 0.914 bits per heavy atom. The number of imide groups is 1. The van der Waals surface area contributed by atoms with E-state index in [4.69, 9.17) is 9.47 Å². The molecule has 1 atom stereocenters. The summed E-state index contributed by atoms with van der Waals surface area (Å²) in [6.45, 7) is 0.824. The second kappa shape index (κ2) is 8.43. The number of benzene rings is 3. The summed E-state index contributed by atoms with van der Waals surface area (Å²) in [5.74, 6) is 0.116. The SMILES string of the molecule is O=C(/C=C1\NCCc2cc3c(cc21)OCO3)[C@@H](Cc1ccccc1)N1C(=O)c2ccccc2C1=O. The molecule has 6 rings (SSSR count). The van der Waals surface area contributed by atoms with Crippen molar-refractivity contribution in [2.75, 3.05) is 13.3 Å². The van der Waals surface area contributed by atoms with Gasteiger partial charge in [0, 0.05) is 30.3 Å². The minimum atomic E-state index is -0.974. The molecule has 0 spiro atoms. The van der Waals surface area contributed by atoms with Crippen molar-refractivity contribution in [3.63, 3.8) is 0 Å². The lowest BCUT2D eigenvalue weighted by atomic mass is 9.94. The topological polar surface area (TPSA) is 84.9 Å². The predicted octanol–water partition coefficient (Wildman–Crippen LogP) is 3.38. The average molecular weight is 466 g/mol. The van der Waals surface area contributed by atoms with Gasteiger partial charge in [-0.3, -0.25) is 19.3 Å². The minimum absolute atomic E-state index is 0.169. The van der Waals surface area contributed by atoms with Gasteiger partial charge in [-0.05, 0) is 41.8 Å². The molecule has 0 bridgehead atoms. The zero-order valence-electron chi connectivity index (χ0n) is 18.8. The fourth-order valence-electron chi connectivity index (χ4n) is 4.88. The molecule has 3 aliphatic heterocycles. The zero-order valence-corrected chi connectivity index (χ0v) is 18.8. The number of ketones is 1. The number of hydrogen-bond acceptors (Lipinski definition) is 6. The summed E-state index contributed by atoms with van der Waals surface area (Å²) in [5.41, 5.74) is 4.06. The van der Waals surface area contributed by atoms with E-state index in [1.54, 1.807) is 24.3 Å². The Morgan fingerprint density at radius 3 is 2.29 bits per heavy atom. The maximum Gasteiger partial charge on any atom is 0.262 e. The maximum atomic E-state index is 13.8. The van der Waals surface area contributed by atoms with Gasteiger partial charge < -0.3 is 14.8 Å². The molecule has 0 saturated carbocycles. The monoisotopic (exact) mass is 466 g/mol. The zero-order chi connectivity index (χ0) is 23.9. The first-order chi connectivity index (χ1) is 17.1. The number of rotatable bonds is 5. The van der Waals surface area contributed by atoms with Gasteiger partial charge in [0.1, 0.15) is 6.04 Å². The number of ether oxygens (including phenoxy) is 2. The normalized spacial score (nSPS) is 17.7. The first kappa shape index (κ1) is 21.2. The summed E-state index contributed by atoms with van der Waals surface area (Å²) in [6.07, 6.45) is 2.52. The van der Waals surface area contributed by atoms with Crippen molar-refractivity contribution in [2.45, 2.75) is 18.9 Å². The van der Waals surface area contributed by atoms with E-state index < -0.39 is 17.9 Å². The number of fused-ring (bicyclic) bond motifs is 3. The molecule has 7 nitrogen and oxygen atoms in total. The highest BCUT2D eigenvalue weighted by molar-refractivity contribution is 6.23. The van der Waals surface area contributed by atoms with E-state index in [9.17, 15) is 14.4 Å². The van der Waals surface area contributed by atoms with E-state index in [2.05, 4.69) is 5.32 Å². The van der Waals surface area contributed by atoms with Gasteiger partial charge in [0.2, 0.25) is 6.79 Å². The molecule has 0 fully saturated rings. The maximum absolute atomic E-state index is 13.8. The van der Waals surface area contributed by atoms with Crippen molar-refractivity contribution < 1.29 is 23.9 Å². The van der Waals surface area contributed by atoms with Gasteiger partial charge in [-0.1, -0.05) is 42.5 Å². The molecule has 3 aliphatic rings. The molecule has 174 valence electrons. The van der Waals surface area contributed by atoms with Crippen LogP contribution in [0.4, 0.5) is 0 Å². The van der Waals surface area contributed by atoms with Crippen molar-refractivity contribution in [3.8, 4) is 11.5 Å².